The first-order chi connectivity index (χ1) is 8.08. The van der Waals surface area contributed by atoms with Gasteiger partial charge in [-0.2, -0.15) is 0 Å². The smallest absolute Gasteiger partial charge is 0.148 e. The maximum absolute atomic E-state index is 13.3. The van der Waals surface area contributed by atoms with E-state index in [2.05, 4.69) is 0 Å². The van der Waals surface area contributed by atoms with Gasteiger partial charge < -0.3 is 15.1 Å². The van der Waals surface area contributed by atoms with E-state index in [1.165, 1.54) is 6.07 Å². The number of furan rings is 1. The number of nitrogens with two attached hydrogens (primary N) is 1. The van der Waals surface area contributed by atoms with E-state index in [1.807, 2.05) is 31.0 Å². The third-order valence-electron chi connectivity index (χ3n) is 2.63. The van der Waals surface area contributed by atoms with Gasteiger partial charge in [0.25, 0.3) is 0 Å². The fourth-order valence-corrected chi connectivity index (χ4v) is 1.75. The topological polar surface area (TPSA) is 42.4 Å². The van der Waals surface area contributed by atoms with Gasteiger partial charge in [0.2, 0.25) is 0 Å². The Kier molecular flexibility index (Phi) is 3.04. The van der Waals surface area contributed by atoms with Gasteiger partial charge in [-0.25, -0.2) is 4.39 Å². The predicted molar refractivity (Wildman–Crippen MR) is 66.4 cm³/mol. The Labute approximate surface area is 99.6 Å². The minimum Gasteiger partial charge on any atom is -0.464 e. The molecule has 0 aliphatic heterocycles. The van der Waals surface area contributed by atoms with E-state index in [4.69, 9.17) is 10.2 Å². The Bertz CT molecular complexity index is 522. The van der Waals surface area contributed by atoms with Gasteiger partial charge in [-0.15, -0.1) is 0 Å². The maximum Gasteiger partial charge on any atom is 0.148 e. The molecule has 3 nitrogen and oxygen atoms in total. The van der Waals surface area contributed by atoms with Gasteiger partial charge in [-0.1, -0.05) is 6.07 Å². The van der Waals surface area contributed by atoms with Crippen LogP contribution in [0.15, 0.2) is 34.7 Å². The summed E-state index contributed by atoms with van der Waals surface area (Å²) in [5.74, 6) is 1.29. The van der Waals surface area contributed by atoms with Crippen LogP contribution in [0, 0.1) is 12.7 Å². The minimum absolute atomic E-state index is 0.165. The van der Waals surface area contributed by atoms with E-state index in [0.29, 0.717) is 12.2 Å². The van der Waals surface area contributed by atoms with Crippen LogP contribution in [0.25, 0.3) is 0 Å². The van der Waals surface area contributed by atoms with Crippen molar-refractivity contribution in [2.24, 2.45) is 0 Å². The molecule has 0 unspecified atom stereocenters. The zero-order chi connectivity index (χ0) is 12.4. The van der Waals surface area contributed by atoms with Crippen LogP contribution in [0.5, 0.6) is 0 Å². The van der Waals surface area contributed by atoms with Crippen molar-refractivity contribution >= 4 is 11.4 Å². The van der Waals surface area contributed by atoms with Gasteiger partial charge in [0.1, 0.15) is 17.3 Å². The lowest BCUT2D eigenvalue weighted by atomic mass is 10.2. The van der Waals surface area contributed by atoms with Gasteiger partial charge in [-0.05, 0) is 31.2 Å². The van der Waals surface area contributed by atoms with Crippen molar-refractivity contribution in [1.82, 2.24) is 0 Å². The Hall–Kier alpha value is -1.97. The standard InChI is InChI=1S/C13H15FN2O/c1-9-6-7-10(17-9)8-16(2)12-5-3-4-11(14)13(12)15/h3-7H,8,15H2,1-2H3. The summed E-state index contributed by atoms with van der Waals surface area (Å²) in [5, 5.41) is 0. The summed E-state index contributed by atoms with van der Waals surface area (Å²) in [5.41, 5.74) is 6.53. The van der Waals surface area contributed by atoms with Crippen LogP contribution < -0.4 is 10.6 Å². The summed E-state index contributed by atoms with van der Waals surface area (Å²) in [6.45, 7) is 2.45. The van der Waals surface area contributed by atoms with Crippen LogP contribution in [-0.2, 0) is 6.54 Å². The van der Waals surface area contributed by atoms with Crippen LogP contribution in [-0.4, -0.2) is 7.05 Å². The lowest BCUT2D eigenvalue weighted by Crippen LogP contribution is -2.17. The van der Waals surface area contributed by atoms with Crippen LogP contribution in [0.1, 0.15) is 11.5 Å². The maximum atomic E-state index is 13.3. The molecular weight excluding hydrogens is 219 g/mol. The molecular formula is C13H15FN2O. The van der Waals surface area contributed by atoms with E-state index in [1.54, 1.807) is 12.1 Å². The number of benzene rings is 1. The Balaban J connectivity index is 2.20. The number of aryl methyl sites for hydroxylation is 1. The highest BCUT2D eigenvalue weighted by Crippen LogP contribution is 2.26. The SMILES string of the molecule is Cc1ccc(CN(C)c2cccc(F)c2N)o1. The normalized spacial score (nSPS) is 10.5. The fourth-order valence-electron chi connectivity index (χ4n) is 1.75. The molecule has 0 saturated carbocycles. The van der Waals surface area contributed by atoms with Crippen molar-refractivity contribution in [1.29, 1.82) is 0 Å². The minimum atomic E-state index is -0.398. The molecule has 0 aliphatic rings. The van der Waals surface area contributed by atoms with Crippen molar-refractivity contribution in [2.45, 2.75) is 13.5 Å². The Morgan fingerprint density at radius 1 is 1.29 bits per heavy atom. The predicted octanol–water partition coefficient (Wildman–Crippen LogP) is 2.95. The third-order valence-corrected chi connectivity index (χ3v) is 2.63. The molecule has 2 rings (SSSR count). The van der Waals surface area contributed by atoms with Gasteiger partial charge in [0.15, 0.2) is 0 Å². The molecule has 0 spiro atoms. The molecule has 0 radical (unpaired) electrons. The van der Waals surface area contributed by atoms with Crippen molar-refractivity contribution in [3.63, 3.8) is 0 Å². The molecule has 90 valence electrons. The molecule has 4 heteroatoms. The zero-order valence-corrected chi connectivity index (χ0v) is 9.90. The first kappa shape index (κ1) is 11.5. The summed E-state index contributed by atoms with van der Waals surface area (Å²) in [6.07, 6.45) is 0. The average molecular weight is 234 g/mol. The molecule has 17 heavy (non-hydrogen) atoms. The molecule has 0 amide bonds. The molecule has 0 fully saturated rings. The second-order valence-corrected chi connectivity index (χ2v) is 4.04. The first-order valence-corrected chi connectivity index (χ1v) is 5.38. The van der Waals surface area contributed by atoms with E-state index < -0.39 is 5.82 Å². The average Bonchev–Trinajstić information content (AvgIpc) is 2.68. The lowest BCUT2D eigenvalue weighted by Gasteiger charge is -2.20. The van der Waals surface area contributed by atoms with Crippen molar-refractivity contribution < 1.29 is 8.81 Å². The summed E-state index contributed by atoms with van der Waals surface area (Å²) < 4.78 is 18.8. The number of hydrogen-bond acceptors (Lipinski definition) is 3. The molecule has 1 aromatic heterocycles. The third kappa shape index (κ3) is 2.41. The van der Waals surface area contributed by atoms with Crippen molar-refractivity contribution in [3.8, 4) is 0 Å². The Morgan fingerprint density at radius 2 is 2.06 bits per heavy atom. The number of rotatable bonds is 3. The largest absolute Gasteiger partial charge is 0.464 e. The highest BCUT2D eigenvalue weighted by molar-refractivity contribution is 5.67. The lowest BCUT2D eigenvalue weighted by molar-refractivity contribution is 0.481. The van der Waals surface area contributed by atoms with Gasteiger partial charge >= 0.3 is 0 Å². The molecule has 0 bridgehead atoms. The summed E-state index contributed by atoms with van der Waals surface area (Å²) in [6, 6.07) is 8.59. The summed E-state index contributed by atoms with van der Waals surface area (Å²) >= 11 is 0. The van der Waals surface area contributed by atoms with Gasteiger partial charge in [0.05, 0.1) is 17.9 Å². The van der Waals surface area contributed by atoms with Gasteiger partial charge in [0, 0.05) is 7.05 Å². The molecule has 1 heterocycles. The number of para-hydroxylation sites is 1. The number of nitrogens with zero attached hydrogens (tertiary/aromatic N) is 1. The molecule has 0 atom stereocenters. The van der Waals surface area contributed by atoms with E-state index in [-0.39, 0.29) is 5.69 Å². The zero-order valence-electron chi connectivity index (χ0n) is 9.90. The van der Waals surface area contributed by atoms with E-state index in [9.17, 15) is 4.39 Å². The summed E-state index contributed by atoms with van der Waals surface area (Å²) in [7, 11) is 1.85. The van der Waals surface area contributed by atoms with Crippen LogP contribution in [0.4, 0.5) is 15.8 Å². The van der Waals surface area contributed by atoms with Crippen molar-refractivity contribution in [2.75, 3.05) is 17.7 Å². The number of anilines is 2. The molecule has 0 saturated heterocycles. The fraction of sp³-hybridized carbons (Fsp3) is 0.231. The summed E-state index contributed by atoms with van der Waals surface area (Å²) in [4.78, 5) is 1.86. The molecule has 0 aliphatic carbocycles. The second kappa shape index (κ2) is 4.49. The monoisotopic (exact) mass is 234 g/mol. The first-order valence-electron chi connectivity index (χ1n) is 5.38. The second-order valence-electron chi connectivity index (χ2n) is 4.04. The van der Waals surface area contributed by atoms with Crippen LogP contribution in [0.3, 0.4) is 0 Å². The van der Waals surface area contributed by atoms with E-state index >= 15 is 0 Å². The van der Waals surface area contributed by atoms with Crippen LogP contribution >= 0.6 is 0 Å². The van der Waals surface area contributed by atoms with Crippen molar-refractivity contribution in [3.05, 3.63) is 47.7 Å². The molecule has 2 aromatic rings. The quantitative estimate of drug-likeness (QED) is 0.830. The van der Waals surface area contributed by atoms with Gasteiger partial charge in [-0.3, -0.25) is 0 Å². The molecule has 1 aromatic carbocycles. The number of halogens is 1. The molecule has 2 N–H and O–H groups in total. The number of nitrogen functional groups attached to an aromatic ring is 1. The number of hydrogen-bond donors (Lipinski definition) is 1. The highest BCUT2D eigenvalue weighted by Gasteiger charge is 2.10. The highest BCUT2D eigenvalue weighted by atomic mass is 19.1. The van der Waals surface area contributed by atoms with E-state index in [0.717, 1.165) is 11.5 Å². The van der Waals surface area contributed by atoms with Crippen LogP contribution in [0.2, 0.25) is 0 Å². The Morgan fingerprint density at radius 3 is 2.71 bits per heavy atom.